The number of aliphatic hydroxyl groups excluding tert-OH is 1. The number of carbonyl (C=O) groups is 1. The number of benzene rings is 2. The van der Waals surface area contributed by atoms with Gasteiger partial charge in [-0.2, -0.15) is 0 Å². The van der Waals surface area contributed by atoms with Crippen molar-refractivity contribution in [2.45, 2.75) is 64.6 Å². The molecule has 1 aliphatic rings. The molecule has 1 aliphatic carbocycles. The van der Waals surface area contributed by atoms with Crippen LogP contribution in [-0.4, -0.2) is 23.9 Å². The molecule has 178 valence electrons. The number of hydrogen-bond donors (Lipinski definition) is 1. The van der Waals surface area contributed by atoms with Gasteiger partial charge in [-0.1, -0.05) is 55.7 Å². The molecule has 0 aromatic heterocycles. The fraction of sp³-hybridized carbons (Fsp3) is 0.464. The van der Waals surface area contributed by atoms with Crippen molar-refractivity contribution in [1.29, 1.82) is 0 Å². The van der Waals surface area contributed by atoms with Gasteiger partial charge in [-0.25, -0.2) is 4.79 Å². The monoisotopic (exact) mass is 451 g/mol. The second kappa shape index (κ2) is 11.4. The number of anilines is 1. The molecule has 0 spiro atoms. The molecular weight excluding hydrogens is 414 g/mol. The van der Waals surface area contributed by atoms with Gasteiger partial charge in [0.05, 0.1) is 18.9 Å². The summed E-state index contributed by atoms with van der Waals surface area (Å²) in [5, 5.41) is 11.3. The first-order chi connectivity index (χ1) is 15.8. The summed E-state index contributed by atoms with van der Waals surface area (Å²) in [6.07, 6.45) is 8.40. The van der Waals surface area contributed by atoms with E-state index in [-0.39, 0.29) is 5.92 Å². The molecule has 2 atom stereocenters. The van der Waals surface area contributed by atoms with Crippen LogP contribution in [0.2, 0.25) is 0 Å². The average Bonchev–Trinajstić information content (AvgIpc) is 2.81. The van der Waals surface area contributed by atoms with E-state index in [1.807, 2.05) is 81.4 Å². The average molecular weight is 452 g/mol. The third-order valence-electron chi connectivity index (χ3n) is 6.10. The number of nitrogens with zero attached hydrogens (tertiary/aromatic N) is 1. The Morgan fingerprint density at radius 1 is 1.03 bits per heavy atom. The van der Waals surface area contributed by atoms with Crippen molar-refractivity contribution in [2.75, 3.05) is 12.0 Å². The zero-order chi connectivity index (χ0) is 23.8. The molecule has 2 aromatic rings. The van der Waals surface area contributed by atoms with Crippen LogP contribution in [0, 0.1) is 11.8 Å². The van der Waals surface area contributed by atoms with E-state index in [4.69, 9.17) is 9.47 Å². The van der Waals surface area contributed by atoms with Crippen LogP contribution >= 0.6 is 0 Å². The quantitative estimate of drug-likeness (QED) is 0.498. The first-order valence-electron chi connectivity index (χ1n) is 11.9. The maximum Gasteiger partial charge on any atom is 0.418 e. The largest absolute Gasteiger partial charge is 0.497 e. The lowest BCUT2D eigenvalue weighted by molar-refractivity contribution is 0.0593. The van der Waals surface area contributed by atoms with E-state index < -0.39 is 17.8 Å². The zero-order valence-corrected chi connectivity index (χ0v) is 20.2. The van der Waals surface area contributed by atoms with Crippen LogP contribution in [0.15, 0.2) is 66.9 Å². The van der Waals surface area contributed by atoms with Crippen molar-refractivity contribution in [2.24, 2.45) is 11.8 Å². The van der Waals surface area contributed by atoms with Gasteiger partial charge in [-0.3, -0.25) is 4.90 Å². The second-order valence-electron chi connectivity index (χ2n) is 9.72. The highest BCUT2D eigenvalue weighted by atomic mass is 16.6. The Bertz CT molecular complexity index is 896. The number of methoxy groups -OCH3 is 1. The molecule has 0 radical (unpaired) electrons. The number of amides is 1. The minimum absolute atomic E-state index is 0.101. The van der Waals surface area contributed by atoms with Gasteiger partial charge in [0.1, 0.15) is 11.4 Å². The van der Waals surface area contributed by atoms with E-state index in [1.54, 1.807) is 13.3 Å². The highest BCUT2D eigenvalue weighted by Crippen LogP contribution is 2.38. The van der Waals surface area contributed by atoms with E-state index in [9.17, 15) is 9.90 Å². The number of hydrogen-bond acceptors (Lipinski definition) is 4. The van der Waals surface area contributed by atoms with E-state index in [0.29, 0.717) is 17.4 Å². The molecule has 1 amide bonds. The first-order valence-corrected chi connectivity index (χ1v) is 11.9. The SMILES string of the molecule is COc1ccc(N(/C=C/[C@H](C2CCCCC2)[C@H](O)c2ccccc2)C(=O)OC(C)(C)C)cc1. The van der Waals surface area contributed by atoms with Gasteiger partial charge >= 0.3 is 6.09 Å². The lowest BCUT2D eigenvalue weighted by Gasteiger charge is -2.32. The molecule has 0 bridgehead atoms. The summed E-state index contributed by atoms with van der Waals surface area (Å²) in [6, 6.07) is 17.1. The van der Waals surface area contributed by atoms with Gasteiger partial charge < -0.3 is 14.6 Å². The molecule has 0 aliphatic heterocycles. The minimum atomic E-state index is -0.637. The lowest BCUT2D eigenvalue weighted by atomic mass is 9.76. The lowest BCUT2D eigenvalue weighted by Crippen LogP contribution is -2.34. The molecule has 0 saturated heterocycles. The van der Waals surface area contributed by atoms with E-state index in [1.165, 1.54) is 24.2 Å². The van der Waals surface area contributed by atoms with Gasteiger partial charge in [-0.15, -0.1) is 0 Å². The molecule has 5 heteroatoms. The fourth-order valence-corrected chi connectivity index (χ4v) is 4.40. The normalized spacial score (nSPS) is 16.9. The third kappa shape index (κ3) is 7.10. The molecule has 33 heavy (non-hydrogen) atoms. The highest BCUT2D eigenvalue weighted by Gasteiger charge is 2.30. The fourth-order valence-electron chi connectivity index (χ4n) is 4.40. The molecule has 1 fully saturated rings. The van der Waals surface area contributed by atoms with Gasteiger partial charge in [0, 0.05) is 12.1 Å². The second-order valence-corrected chi connectivity index (χ2v) is 9.72. The zero-order valence-electron chi connectivity index (χ0n) is 20.2. The van der Waals surface area contributed by atoms with Crippen molar-refractivity contribution in [3.63, 3.8) is 0 Å². The van der Waals surface area contributed by atoms with Crippen LogP contribution in [-0.2, 0) is 4.74 Å². The summed E-state index contributed by atoms with van der Waals surface area (Å²) in [6.45, 7) is 5.56. The summed E-state index contributed by atoms with van der Waals surface area (Å²) < 4.78 is 10.9. The van der Waals surface area contributed by atoms with E-state index >= 15 is 0 Å². The van der Waals surface area contributed by atoms with Crippen LogP contribution in [0.4, 0.5) is 10.5 Å². The number of carbonyl (C=O) groups excluding carboxylic acids is 1. The standard InChI is InChI=1S/C28H37NO4/c1-28(2,3)33-27(31)29(23-15-17-24(32-4)18-16-23)20-19-25(21-11-7-5-8-12-21)26(30)22-13-9-6-10-14-22/h6,9-10,13-21,25-26,30H,5,7-8,11-12H2,1-4H3/b20-19+/t25-,26-/m1/s1. The number of aliphatic hydroxyl groups is 1. The Morgan fingerprint density at radius 2 is 1.67 bits per heavy atom. The van der Waals surface area contributed by atoms with E-state index in [2.05, 4.69) is 0 Å². The van der Waals surface area contributed by atoms with Gasteiger partial charge in [0.15, 0.2) is 0 Å². The minimum Gasteiger partial charge on any atom is -0.497 e. The predicted molar refractivity (Wildman–Crippen MR) is 132 cm³/mol. The topological polar surface area (TPSA) is 59.0 Å². The molecule has 0 unspecified atom stereocenters. The van der Waals surface area contributed by atoms with Crippen molar-refractivity contribution >= 4 is 11.8 Å². The van der Waals surface area contributed by atoms with Crippen molar-refractivity contribution in [1.82, 2.24) is 0 Å². The maximum atomic E-state index is 13.1. The van der Waals surface area contributed by atoms with Crippen LogP contribution in [0.5, 0.6) is 5.75 Å². The van der Waals surface area contributed by atoms with E-state index in [0.717, 1.165) is 18.4 Å². The van der Waals surface area contributed by atoms with Crippen LogP contribution in [0.25, 0.3) is 0 Å². The third-order valence-corrected chi connectivity index (χ3v) is 6.10. The Balaban J connectivity index is 1.93. The highest BCUT2D eigenvalue weighted by molar-refractivity contribution is 5.90. The van der Waals surface area contributed by atoms with Crippen LogP contribution < -0.4 is 9.64 Å². The summed E-state index contributed by atoms with van der Waals surface area (Å²) in [5.74, 6) is 0.976. The summed E-state index contributed by atoms with van der Waals surface area (Å²) in [7, 11) is 1.61. The first kappa shape index (κ1) is 24.8. The molecule has 3 rings (SSSR count). The van der Waals surface area contributed by atoms with Gasteiger partial charge in [-0.05, 0) is 69.4 Å². The maximum absolute atomic E-state index is 13.1. The van der Waals surface area contributed by atoms with Crippen molar-refractivity contribution in [3.8, 4) is 5.75 Å². The Morgan fingerprint density at radius 3 is 2.24 bits per heavy atom. The smallest absolute Gasteiger partial charge is 0.418 e. The molecule has 1 N–H and O–H groups in total. The molecule has 5 nitrogen and oxygen atoms in total. The summed E-state index contributed by atoms with van der Waals surface area (Å²) in [4.78, 5) is 14.6. The number of ether oxygens (including phenoxy) is 2. The Hall–Kier alpha value is -2.79. The molecule has 2 aromatic carbocycles. The predicted octanol–water partition coefficient (Wildman–Crippen LogP) is 6.88. The summed E-state index contributed by atoms with van der Waals surface area (Å²) in [5.41, 5.74) is 0.950. The van der Waals surface area contributed by atoms with Crippen LogP contribution in [0.3, 0.4) is 0 Å². The molecular formula is C28H37NO4. The van der Waals surface area contributed by atoms with Gasteiger partial charge in [0.2, 0.25) is 0 Å². The Kier molecular flexibility index (Phi) is 8.56. The van der Waals surface area contributed by atoms with Crippen molar-refractivity contribution in [3.05, 3.63) is 72.4 Å². The van der Waals surface area contributed by atoms with Crippen molar-refractivity contribution < 1.29 is 19.4 Å². The van der Waals surface area contributed by atoms with Gasteiger partial charge in [0.25, 0.3) is 0 Å². The molecule has 0 heterocycles. The summed E-state index contributed by atoms with van der Waals surface area (Å²) >= 11 is 0. The Labute approximate surface area is 198 Å². The number of rotatable bonds is 7. The van der Waals surface area contributed by atoms with Crippen LogP contribution in [0.1, 0.15) is 64.5 Å². The molecule has 1 saturated carbocycles.